The molecule has 0 aliphatic heterocycles. The summed E-state index contributed by atoms with van der Waals surface area (Å²) in [5.74, 6) is 2.99. The Balaban J connectivity index is 2.29. The highest BCUT2D eigenvalue weighted by Crippen LogP contribution is 2.23. The molecular formula is C15H23N3O. The lowest BCUT2D eigenvalue weighted by Crippen LogP contribution is -2.25. The lowest BCUT2D eigenvalue weighted by Gasteiger charge is -2.17. The predicted molar refractivity (Wildman–Crippen MR) is 76.1 cm³/mol. The molecule has 2 aromatic heterocycles. The van der Waals surface area contributed by atoms with E-state index in [4.69, 9.17) is 4.42 Å². The SMILES string of the molecule is CCCNC(c1ccc(CC)o1)c1nccn1CC. The maximum absolute atomic E-state index is 5.90. The Labute approximate surface area is 114 Å². The topological polar surface area (TPSA) is 43.0 Å². The maximum atomic E-state index is 5.90. The third kappa shape index (κ3) is 3.07. The molecule has 104 valence electrons. The fraction of sp³-hybridized carbons (Fsp3) is 0.533. The maximum Gasteiger partial charge on any atom is 0.133 e. The summed E-state index contributed by atoms with van der Waals surface area (Å²) in [5.41, 5.74) is 0. The molecule has 0 saturated heterocycles. The van der Waals surface area contributed by atoms with E-state index in [-0.39, 0.29) is 6.04 Å². The van der Waals surface area contributed by atoms with Crippen molar-refractivity contribution in [3.63, 3.8) is 0 Å². The van der Waals surface area contributed by atoms with Crippen LogP contribution < -0.4 is 5.32 Å². The Morgan fingerprint density at radius 2 is 2.16 bits per heavy atom. The van der Waals surface area contributed by atoms with Crippen molar-refractivity contribution >= 4 is 0 Å². The Bertz CT molecular complexity index is 501. The zero-order valence-corrected chi connectivity index (χ0v) is 12.0. The molecule has 0 fully saturated rings. The first-order valence-electron chi connectivity index (χ1n) is 7.13. The Hall–Kier alpha value is -1.55. The zero-order valence-electron chi connectivity index (χ0n) is 12.0. The molecule has 2 aromatic rings. The first-order valence-corrected chi connectivity index (χ1v) is 7.13. The molecule has 2 rings (SSSR count). The lowest BCUT2D eigenvalue weighted by molar-refractivity contribution is 0.406. The monoisotopic (exact) mass is 261 g/mol. The minimum atomic E-state index is 0.0372. The number of rotatable bonds is 7. The number of aryl methyl sites for hydroxylation is 2. The molecule has 1 unspecified atom stereocenters. The molecule has 0 aliphatic rings. The van der Waals surface area contributed by atoms with Gasteiger partial charge in [-0.3, -0.25) is 0 Å². The first kappa shape index (κ1) is 13.9. The van der Waals surface area contributed by atoms with Crippen LogP contribution in [-0.4, -0.2) is 16.1 Å². The summed E-state index contributed by atoms with van der Waals surface area (Å²) in [4.78, 5) is 4.49. The van der Waals surface area contributed by atoms with Crippen LogP contribution in [0.3, 0.4) is 0 Å². The van der Waals surface area contributed by atoms with E-state index in [1.54, 1.807) is 0 Å². The van der Waals surface area contributed by atoms with Crippen molar-refractivity contribution in [2.45, 2.75) is 46.2 Å². The summed E-state index contributed by atoms with van der Waals surface area (Å²) in [6.07, 6.45) is 5.87. The van der Waals surface area contributed by atoms with Gasteiger partial charge in [-0.05, 0) is 32.0 Å². The number of hydrogen-bond donors (Lipinski definition) is 1. The summed E-state index contributed by atoms with van der Waals surface area (Å²) in [6, 6.07) is 4.14. The van der Waals surface area contributed by atoms with Crippen LogP contribution in [0.25, 0.3) is 0 Å². The van der Waals surface area contributed by atoms with Crippen molar-refractivity contribution in [1.29, 1.82) is 0 Å². The lowest BCUT2D eigenvalue weighted by atomic mass is 10.2. The van der Waals surface area contributed by atoms with Crippen molar-refractivity contribution in [2.24, 2.45) is 0 Å². The molecule has 0 spiro atoms. The molecule has 1 atom stereocenters. The molecule has 19 heavy (non-hydrogen) atoms. The van der Waals surface area contributed by atoms with Crippen LogP contribution in [0.1, 0.15) is 50.6 Å². The van der Waals surface area contributed by atoms with E-state index in [1.165, 1.54) is 0 Å². The number of aromatic nitrogens is 2. The number of furan rings is 1. The summed E-state index contributed by atoms with van der Waals surface area (Å²) in [7, 11) is 0. The number of nitrogens with one attached hydrogen (secondary N) is 1. The van der Waals surface area contributed by atoms with E-state index in [1.807, 2.05) is 12.4 Å². The predicted octanol–water partition coefficient (Wildman–Crippen LogP) is 3.15. The quantitative estimate of drug-likeness (QED) is 0.832. The van der Waals surface area contributed by atoms with E-state index >= 15 is 0 Å². The molecule has 4 heteroatoms. The van der Waals surface area contributed by atoms with Gasteiger partial charge in [0.15, 0.2) is 0 Å². The van der Waals surface area contributed by atoms with E-state index in [2.05, 4.69) is 47.8 Å². The normalized spacial score (nSPS) is 12.8. The molecule has 1 N–H and O–H groups in total. The van der Waals surface area contributed by atoms with Gasteiger partial charge in [0.25, 0.3) is 0 Å². The number of imidazole rings is 1. The molecule has 2 heterocycles. The van der Waals surface area contributed by atoms with Crippen LogP contribution in [-0.2, 0) is 13.0 Å². The average Bonchev–Trinajstić information content (AvgIpc) is 3.08. The van der Waals surface area contributed by atoms with Crippen molar-refractivity contribution in [3.05, 3.63) is 41.9 Å². The summed E-state index contributed by atoms with van der Waals surface area (Å²) in [6.45, 7) is 8.26. The highest BCUT2D eigenvalue weighted by atomic mass is 16.3. The fourth-order valence-electron chi connectivity index (χ4n) is 2.20. The van der Waals surface area contributed by atoms with Gasteiger partial charge in [0.2, 0.25) is 0 Å². The Kier molecular flexibility index (Phi) is 4.80. The second kappa shape index (κ2) is 6.57. The summed E-state index contributed by atoms with van der Waals surface area (Å²) < 4.78 is 8.05. The summed E-state index contributed by atoms with van der Waals surface area (Å²) >= 11 is 0. The zero-order chi connectivity index (χ0) is 13.7. The van der Waals surface area contributed by atoms with Gasteiger partial charge < -0.3 is 14.3 Å². The third-order valence-electron chi connectivity index (χ3n) is 3.26. The molecule has 0 bridgehead atoms. The van der Waals surface area contributed by atoms with Gasteiger partial charge in [-0.25, -0.2) is 4.98 Å². The van der Waals surface area contributed by atoms with Crippen LogP contribution in [0.15, 0.2) is 28.9 Å². The molecule has 0 radical (unpaired) electrons. The number of nitrogens with zero attached hydrogens (tertiary/aromatic N) is 2. The second-order valence-electron chi connectivity index (χ2n) is 4.62. The van der Waals surface area contributed by atoms with Crippen LogP contribution in [0.5, 0.6) is 0 Å². The standard InChI is InChI=1S/C15H23N3O/c1-4-9-16-14(13-8-7-12(5-2)19-13)15-17-10-11-18(15)6-3/h7-8,10-11,14,16H,4-6,9H2,1-3H3. The smallest absolute Gasteiger partial charge is 0.133 e. The van der Waals surface area contributed by atoms with Crippen LogP contribution in [0, 0.1) is 0 Å². The van der Waals surface area contributed by atoms with Crippen molar-refractivity contribution in [3.8, 4) is 0 Å². The van der Waals surface area contributed by atoms with E-state index in [9.17, 15) is 0 Å². The van der Waals surface area contributed by atoms with Crippen LogP contribution in [0.2, 0.25) is 0 Å². The van der Waals surface area contributed by atoms with E-state index in [0.717, 1.165) is 43.3 Å². The summed E-state index contributed by atoms with van der Waals surface area (Å²) in [5, 5.41) is 3.52. The van der Waals surface area contributed by atoms with Gasteiger partial charge in [-0.2, -0.15) is 0 Å². The van der Waals surface area contributed by atoms with Crippen LogP contribution in [0.4, 0.5) is 0 Å². The van der Waals surface area contributed by atoms with Gasteiger partial charge in [0, 0.05) is 25.4 Å². The molecule has 0 aliphatic carbocycles. The largest absolute Gasteiger partial charge is 0.464 e. The molecule has 0 saturated carbocycles. The first-order chi connectivity index (χ1) is 9.30. The van der Waals surface area contributed by atoms with Gasteiger partial charge >= 0.3 is 0 Å². The van der Waals surface area contributed by atoms with Crippen molar-refractivity contribution < 1.29 is 4.42 Å². The van der Waals surface area contributed by atoms with Gasteiger partial charge in [-0.1, -0.05) is 13.8 Å². The van der Waals surface area contributed by atoms with Gasteiger partial charge in [0.1, 0.15) is 23.4 Å². The molecule has 4 nitrogen and oxygen atoms in total. The average molecular weight is 261 g/mol. The minimum absolute atomic E-state index is 0.0372. The van der Waals surface area contributed by atoms with E-state index in [0.29, 0.717) is 0 Å². The molecule has 0 aromatic carbocycles. The third-order valence-corrected chi connectivity index (χ3v) is 3.26. The highest BCUT2D eigenvalue weighted by molar-refractivity contribution is 5.18. The van der Waals surface area contributed by atoms with Gasteiger partial charge in [-0.15, -0.1) is 0 Å². The Morgan fingerprint density at radius 3 is 2.79 bits per heavy atom. The Morgan fingerprint density at radius 1 is 1.32 bits per heavy atom. The van der Waals surface area contributed by atoms with E-state index < -0.39 is 0 Å². The molecular weight excluding hydrogens is 238 g/mol. The van der Waals surface area contributed by atoms with Crippen molar-refractivity contribution in [2.75, 3.05) is 6.54 Å². The van der Waals surface area contributed by atoms with Crippen LogP contribution >= 0.6 is 0 Å². The van der Waals surface area contributed by atoms with Crippen molar-refractivity contribution in [1.82, 2.24) is 14.9 Å². The molecule has 0 amide bonds. The number of hydrogen-bond acceptors (Lipinski definition) is 3. The minimum Gasteiger partial charge on any atom is -0.464 e. The second-order valence-corrected chi connectivity index (χ2v) is 4.62. The van der Waals surface area contributed by atoms with Gasteiger partial charge in [0.05, 0.1) is 0 Å². The fourth-order valence-corrected chi connectivity index (χ4v) is 2.20. The highest BCUT2D eigenvalue weighted by Gasteiger charge is 2.21.